The minimum absolute atomic E-state index is 0.152. The number of carbonyl (C=O) groups is 1. The van der Waals surface area contributed by atoms with Gasteiger partial charge in [-0.05, 0) is 63.6 Å². The molecule has 1 fully saturated rings. The first-order chi connectivity index (χ1) is 12.8. The topological polar surface area (TPSA) is 80.8 Å². The molecule has 0 spiro atoms. The van der Waals surface area contributed by atoms with E-state index in [0.29, 0.717) is 18.2 Å². The lowest BCUT2D eigenvalue weighted by atomic mass is 9.77. The highest BCUT2D eigenvalue weighted by molar-refractivity contribution is 9.10. The molecule has 2 atom stereocenters. The van der Waals surface area contributed by atoms with E-state index in [4.69, 9.17) is 4.74 Å². The molecule has 3 rings (SSSR count). The van der Waals surface area contributed by atoms with E-state index >= 15 is 0 Å². The van der Waals surface area contributed by atoms with Gasteiger partial charge in [0.1, 0.15) is 5.60 Å². The Morgan fingerprint density at radius 1 is 1.26 bits per heavy atom. The van der Waals surface area contributed by atoms with E-state index in [1.54, 1.807) is 0 Å². The van der Waals surface area contributed by atoms with Crippen molar-refractivity contribution in [1.82, 2.24) is 20.6 Å². The van der Waals surface area contributed by atoms with Gasteiger partial charge in [-0.25, -0.2) is 0 Å². The summed E-state index contributed by atoms with van der Waals surface area (Å²) in [7, 11) is 0. The lowest BCUT2D eigenvalue weighted by molar-refractivity contribution is -0.163. The first-order valence-corrected chi connectivity index (χ1v) is 10.3. The Kier molecular flexibility index (Phi) is 6.29. The summed E-state index contributed by atoms with van der Waals surface area (Å²) in [6.07, 6.45) is 5.06. The van der Waals surface area contributed by atoms with Crippen molar-refractivity contribution in [3.05, 3.63) is 40.1 Å². The molecule has 1 aliphatic rings. The normalized spacial score (nSPS) is 17.6. The lowest BCUT2D eigenvalue weighted by Crippen LogP contribution is -2.36. The number of hydrogen-bond donors (Lipinski definition) is 1. The van der Waals surface area contributed by atoms with Crippen LogP contribution in [0.4, 0.5) is 0 Å². The van der Waals surface area contributed by atoms with E-state index in [9.17, 15) is 4.79 Å². The van der Waals surface area contributed by atoms with Crippen molar-refractivity contribution >= 4 is 21.9 Å². The minimum atomic E-state index is -0.520. The van der Waals surface area contributed by atoms with Crippen LogP contribution >= 0.6 is 15.9 Å². The highest BCUT2D eigenvalue weighted by Crippen LogP contribution is 2.41. The van der Waals surface area contributed by atoms with Gasteiger partial charge in [0.25, 0.3) is 0 Å². The molecule has 1 aromatic heterocycles. The third kappa shape index (κ3) is 5.37. The quantitative estimate of drug-likeness (QED) is 0.679. The van der Waals surface area contributed by atoms with Crippen LogP contribution < -0.4 is 0 Å². The molecular weight excluding hydrogens is 408 g/mol. The van der Waals surface area contributed by atoms with Gasteiger partial charge >= 0.3 is 5.97 Å². The monoisotopic (exact) mass is 434 g/mol. The predicted octanol–water partition coefficient (Wildman–Crippen LogP) is 4.44. The smallest absolute Gasteiger partial charge is 0.310 e. The molecule has 1 aromatic carbocycles. The number of esters is 1. The van der Waals surface area contributed by atoms with Crippen LogP contribution in [0.1, 0.15) is 63.8 Å². The second-order valence-electron chi connectivity index (χ2n) is 8.31. The van der Waals surface area contributed by atoms with Crippen LogP contribution in [0.15, 0.2) is 28.7 Å². The molecule has 0 bridgehead atoms. The number of benzene rings is 1. The molecule has 2 aromatic rings. The SMILES string of the molecule is CC(C)(C)OC(=O)C(C1CCCC1)C(Cc1ccc(Br)cc1)c1nn[nH]n1. The average Bonchev–Trinajstić information content (AvgIpc) is 3.28. The zero-order chi connectivity index (χ0) is 19.4. The van der Waals surface area contributed by atoms with E-state index in [2.05, 4.69) is 48.7 Å². The largest absolute Gasteiger partial charge is 0.460 e. The molecule has 1 aliphatic carbocycles. The highest BCUT2D eigenvalue weighted by Gasteiger charge is 2.41. The van der Waals surface area contributed by atoms with Crippen LogP contribution in [0, 0.1) is 11.8 Å². The van der Waals surface area contributed by atoms with E-state index in [-0.39, 0.29) is 17.8 Å². The van der Waals surface area contributed by atoms with E-state index in [1.165, 1.54) is 0 Å². The zero-order valence-electron chi connectivity index (χ0n) is 16.1. The molecule has 0 saturated heterocycles. The predicted molar refractivity (Wildman–Crippen MR) is 106 cm³/mol. The Bertz CT molecular complexity index is 734. The molecule has 2 unspecified atom stereocenters. The number of H-pyrrole nitrogens is 1. The number of tetrazole rings is 1. The highest BCUT2D eigenvalue weighted by atomic mass is 79.9. The summed E-state index contributed by atoms with van der Waals surface area (Å²) in [5.74, 6) is 0.289. The molecule has 1 heterocycles. The van der Waals surface area contributed by atoms with Crippen molar-refractivity contribution in [2.45, 2.75) is 64.4 Å². The summed E-state index contributed by atoms with van der Waals surface area (Å²) in [6.45, 7) is 5.73. The number of nitrogens with zero attached hydrogens (tertiary/aromatic N) is 3. The van der Waals surface area contributed by atoms with Crippen LogP contribution in [0.5, 0.6) is 0 Å². The van der Waals surface area contributed by atoms with Gasteiger partial charge in [-0.15, -0.1) is 10.2 Å². The first-order valence-electron chi connectivity index (χ1n) is 9.54. The van der Waals surface area contributed by atoms with Crippen LogP contribution in [0.3, 0.4) is 0 Å². The number of hydrogen-bond acceptors (Lipinski definition) is 5. The third-order valence-corrected chi connectivity index (χ3v) is 5.61. The molecule has 146 valence electrons. The number of aromatic nitrogens is 4. The summed E-state index contributed by atoms with van der Waals surface area (Å²) in [4.78, 5) is 13.2. The van der Waals surface area contributed by atoms with Crippen molar-refractivity contribution in [1.29, 1.82) is 0 Å². The van der Waals surface area contributed by atoms with Crippen LogP contribution in [-0.2, 0) is 16.0 Å². The molecule has 1 saturated carbocycles. The Hall–Kier alpha value is -1.76. The second-order valence-corrected chi connectivity index (χ2v) is 9.23. The number of carbonyl (C=O) groups excluding carboxylic acids is 1. The standard InChI is InChI=1S/C20H27BrN4O2/c1-20(2,3)27-19(26)17(14-6-4-5-7-14)16(18-22-24-25-23-18)12-13-8-10-15(21)11-9-13/h8-11,14,16-17H,4-7,12H2,1-3H3,(H,22,23,24,25). The number of nitrogens with one attached hydrogen (secondary N) is 1. The molecule has 6 nitrogen and oxygen atoms in total. The summed E-state index contributed by atoms with van der Waals surface area (Å²) in [5.41, 5.74) is 0.618. The second kappa shape index (κ2) is 8.50. The number of ether oxygens (including phenoxy) is 1. The van der Waals surface area contributed by atoms with Gasteiger partial charge in [-0.1, -0.05) is 46.1 Å². The Morgan fingerprint density at radius 2 is 1.93 bits per heavy atom. The fourth-order valence-corrected chi connectivity index (χ4v) is 4.22. The van der Waals surface area contributed by atoms with Gasteiger partial charge in [-0.2, -0.15) is 5.21 Å². The molecule has 27 heavy (non-hydrogen) atoms. The van der Waals surface area contributed by atoms with E-state index in [0.717, 1.165) is 35.7 Å². The fourth-order valence-electron chi connectivity index (χ4n) is 3.95. The van der Waals surface area contributed by atoms with Crippen LogP contribution in [0.2, 0.25) is 0 Å². The lowest BCUT2D eigenvalue weighted by Gasteiger charge is -2.31. The summed E-state index contributed by atoms with van der Waals surface area (Å²) in [5, 5.41) is 14.8. The van der Waals surface area contributed by atoms with Crippen molar-refractivity contribution in [2.24, 2.45) is 11.8 Å². The van der Waals surface area contributed by atoms with Gasteiger partial charge in [-0.3, -0.25) is 4.79 Å². The fraction of sp³-hybridized carbons (Fsp3) is 0.600. The Labute approximate surface area is 168 Å². The van der Waals surface area contributed by atoms with E-state index < -0.39 is 5.60 Å². The van der Waals surface area contributed by atoms with Crippen molar-refractivity contribution < 1.29 is 9.53 Å². The van der Waals surface area contributed by atoms with Gasteiger partial charge in [0.15, 0.2) is 5.82 Å². The van der Waals surface area contributed by atoms with Gasteiger partial charge in [0, 0.05) is 10.4 Å². The molecule has 7 heteroatoms. The van der Waals surface area contributed by atoms with Gasteiger partial charge in [0.2, 0.25) is 0 Å². The third-order valence-electron chi connectivity index (χ3n) is 5.08. The van der Waals surface area contributed by atoms with Crippen LogP contribution in [-0.4, -0.2) is 32.2 Å². The van der Waals surface area contributed by atoms with E-state index in [1.807, 2.05) is 32.9 Å². The van der Waals surface area contributed by atoms with Crippen molar-refractivity contribution in [2.75, 3.05) is 0 Å². The van der Waals surface area contributed by atoms with Crippen molar-refractivity contribution in [3.8, 4) is 0 Å². The average molecular weight is 435 g/mol. The molecule has 0 aliphatic heterocycles. The van der Waals surface area contributed by atoms with Gasteiger partial charge < -0.3 is 4.74 Å². The maximum atomic E-state index is 13.2. The summed E-state index contributed by atoms with van der Waals surface area (Å²) < 4.78 is 6.84. The van der Waals surface area contributed by atoms with Crippen molar-refractivity contribution in [3.63, 3.8) is 0 Å². The molecule has 1 N–H and O–H groups in total. The zero-order valence-corrected chi connectivity index (χ0v) is 17.7. The summed E-state index contributed by atoms with van der Waals surface area (Å²) >= 11 is 3.48. The Balaban J connectivity index is 1.93. The number of halogens is 1. The molecule has 0 radical (unpaired) electrons. The summed E-state index contributed by atoms with van der Waals surface area (Å²) in [6, 6.07) is 8.16. The first kappa shape index (κ1) is 20.0. The van der Waals surface area contributed by atoms with Crippen LogP contribution in [0.25, 0.3) is 0 Å². The maximum absolute atomic E-state index is 13.2. The molecule has 0 amide bonds. The Morgan fingerprint density at radius 3 is 2.48 bits per heavy atom. The van der Waals surface area contributed by atoms with Gasteiger partial charge in [0.05, 0.1) is 5.92 Å². The maximum Gasteiger partial charge on any atom is 0.310 e. The minimum Gasteiger partial charge on any atom is -0.460 e. The number of rotatable bonds is 6. The molecular formula is C20H27BrN4O2. The number of aromatic amines is 1.